The van der Waals surface area contributed by atoms with Crippen LogP contribution in [-0.2, 0) is 4.79 Å². The molecule has 0 saturated heterocycles. The van der Waals surface area contributed by atoms with E-state index in [4.69, 9.17) is 4.74 Å². The first-order valence-electron chi connectivity index (χ1n) is 8.33. The maximum absolute atomic E-state index is 12.5. The monoisotopic (exact) mass is 381 g/mol. The SMILES string of the molecule is Cc1cccc(C)c1OCC(=O)Nc1ccccc1C(=O)Nc1nccs1. The van der Waals surface area contributed by atoms with Crippen LogP contribution in [0.3, 0.4) is 0 Å². The lowest BCUT2D eigenvalue weighted by atomic mass is 10.1. The van der Waals surface area contributed by atoms with Crippen molar-refractivity contribution in [1.82, 2.24) is 4.98 Å². The normalized spacial score (nSPS) is 10.3. The Morgan fingerprint density at radius 1 is 1.04 bits per heavy atom. The van der Waals surface area contributed by atoms with E-state index < -0.39 is 0 Å². The molecule has 0 bridgehead atoms. The van der Waals surface area contributed by atoms with Crippen molar-refractivity contribution in [2.45, 2.75) is 13.8 Å². The molecule has 138 valence electrons. The number of ether oxygens (including phenoxy) is 1. The number of para-hydroxylation sites is 2. The Bertz CT molecular complexity index is 935. The highest BCUT2D eigenvalue weighted by atomic mass is 32.1. The number of nitrogens with one attached hydrogen (secondary N) is 2. The van der Waals surface area contributed by atoms with Crippen molar-refractivity contribution in [2.24, 2.45) is 0 Å². The van der Waals surface area contributed by atoms with Crippen LogP contribution < -0.4 is 15.4 Å². The van der Waals surface area contributed by atoms with Gasteiger partial charge in [0.1, 0.15) is 5.75 Å². The zero-order chi connectivity index (χ0) is 19.2. The van der Waals surface area contributed by atoms with Crippen molar-refractivity contribution < 1.29 is 14.3 Å². The number of hydrogen-bond donors (Lipinski definition) is 2. The van der Waals surface area contributed by atoms with Gasteiger partial charge in [-0.25, -0.2) is 4.98 Å². The van der Waals surface area contributed by atoms with E-state index in [1.54, 1.807) is 35.8 Å². The highest BCUT2D eigenvalue weighted by Gasteiger charge is 2.15. The third-order valence-electron chi connectivity index (χ3n) is 3.85. The average molecular weight is 381 g/mol. The molecule has 0 unspecified atom stereocenters. The number of hydrogen-bond acceptors (Lipinski definition) is 5. The van der Waals surface area contributed by atoms with Gasteiger partial charge in [0.25, 0.3) is 11.8 Å². The molecule has 2 aromatic carbocycles. The van der Waals surface area contributed by atoms with E-state index in [1.165, 1.54) is 11.3 Å². The largest absolute Gasteiger partial charge is 0.483 e. The van der Waals surface area contributed by atoms with E-state index >= 15 is 0 Å². The Morgan fingerprint density at radius 2 is 1.78 bits per heavy atom. The minimum absolute atomic E-state index is 0.145. The van der Waals surface area contributed by atoms with E-state index in [9.17, 15) is 9.59 Å². The van der Waals surface area contributed by atoms with E-state index in [0.717, 1.165) is 11.1 Å². The van der Waals surface area contributed by atoms with Crippen molar-refractivity contribution in [1.29, 1.82) is 0 Å². The molecule has 2 N–H and O–H groups in total. The molecular formula is C20H19N3O3S. The van der Waals surface area contributed by atoms with Crippen LogP contribution in [0.25, 0.3) is 0 Å². The van der Waals surface area contributed by atoms with Crippen LogP contribution in [0.5, 0.6) is 5.75 Å². The summed E-state index contributed by atoms with van der Waals surface area (Å²) in [7, 11) is 0. The highest BCUT2D eigenvalue weighted by Crippen LogP contribution is 2.22. The molecular weight excluding hydrogens is 362 g/mol. The molecule has 1 aromatic heterocycles. The third kappa shape index (κ3) is 4.71. The lowest BCUT2D eigenvalue weighted by molar-refractivity contribution is -0.118. The maximum atomic E-state index is 12.5. The summed E-state index contributed by atoms with van der Waals surface area (Å²) in [5.41, 5.74) is 2.70. The molecule has 0 aliphatic heterocycles. The molecule has 27 heavy (non-hydrogen) atoms. The quantitative estimate of drug-likeness (QED) is 0.676. The Labute approximate surface area is 161 Å². The molecule has 3 aromatic rings. The van der Waals surface area contributed by atoms with Gasteiger partial charge in [-0.1, -0.05) is 30.3 Å². The first-order chi connectivity index (χ1) is 13.0. The zero-order valence-corrected chi connectivity index (χ0v) is 15.8. The number of aryl methyl sites for hydroxylation is 2. The van der Waals surface area contributed by atoms with Gasteiger partial charge in [0, 0.05) is 11.6 Å². The fourth-order valence-corrected chi connectivity index (χ4v) is 3.11. The molecule has 3 rings (SSSR count). The first-order valence-corrected chi connectivity index (χ1v) is 9.21. The Morgan fingerprint density at radius 3 is 2.48 bits per heavy atom. The third-order valence-corrected chi connectivity index (χ3v) is 4.54. The Hall–Kier alpha value is -3.19. The molecule has 0 aliphatic rings. The van der Waals surface area contributed by atoms with Gasteiger partial charge in [0.05, 0.1) is 11.3 Å². The average Bonchev–Trinajstić information content (AvgIpc) is 3.14. The maximum Gasteiger partial charge on any atom is 0.262 e. The number of rotatable bonds is 6. The van der Waals surface area contributed by atoms with Crippen molar-refractivity contribution in [2.75, 3.05) is 17.2 Å². The summed E-state index contributed by atoms with van der Waals surface area (Å²) >= 11 is 1.32. The minimum Gasteiger partial charge on any atom is -0.483 e. The van der Waals surface area contributed by atoms with Gasteiger partial charge < -0.3 is 10.1 Å². The number of carbonyl (C=O) groups is 2. The second-order valence-electron chi connectivity index (χ2n) is 5.89. The van der Waals surface area contributed by atoms with Crippen LogP contribution >= 0.6 is 11.3 Å². The fourth-order valence-electron chi connectivity index (χ4n) is 2.59. The summed E-state index contributed by atoms with van der Waals surface area (Å²) in [4.78, 5) is 28.8. The van der Waals surface area contributed by atoms with Crippen LogP contribution in [0.1, 0.15) is 21.5 Å². The van der Waals surface area contributed by atoms with Gasteiger partial charge in [0.2, 0.25) is 0 Å². The van der Waals surface area contributed by atoms with Crippen molar-refractivity contribution in [3.63, 3.8) is 0 Å². The van der Waals surface area contributed by atoms with Gasteiger partial charge >= 0.3 is 0 Å². The summed E-state index contributed by atoms with van der Waals surface area (Å²) in [5, 5.41) is 7.72. The van der Waals surface area contributed by atoms with Crippen LogP contribution in [-0.4, -0.2) is 23.4 Å². The van der Waals surface area contributed by atoms with Crippen LogP contribution in [0.15, 0.2) is 54.0 Å². The molecule has 0 radical (unpaired) electrons. The van der Waals surface area contributed by atoms with Crippen LogP contribution in [0.2, 0.25) is 0 Å². The van der Waals surface area contributed by atoms with Gasteiger partial charge in [-0.05, 0) is 37.1 Å². The topological polar surface area (TPSA) is 80.3 Å². The second kappa shape index (κ2) is 8.46. The molecule has 0 atom stereocenters. The number of benzene rings is 2. The van der Waals surface area contributed by atoms with E-state index in [2.05, 4.69) is 15.6 Å². The number of amides is 2. The summed E-state index contributed by atoms with van der Waals surface area (Å²) in [6.07, 6.45) is 1.61. The van der Waals surface area contributed by atoms with E-state index in [1.807, 2.05) is 32.0 Å². The van der Waals surface area contributed by atoms with E-state index in [0.29, 0.717) is 22.1 Å². The second-order valence-corrected chi connectivity index (χ2v) is 6.79. The predicted molar refractivity (Wildman–Crippen MR) is 107 cm³/mol. The van der Waals surface area contributed by atoms with Gasteiger partial charge in [-0.3, -0.25) is 14.9 Å². The van der Waals surface area contributed by atoms with Crippen molar-refractivity contribution in [3.8, 4) is 5.75 Å². The summed E-state index contributed by atoms with van der Waals surface area (Å²) in [6.45, 7) is 3.71. The molecule has 7 heteroatoms. The minimum atomic E-state index is -0.341. The van der Waals surface area contributed by atoms with Gasteiger partial charge in [-0.2, -0.15) is 0 Å². The van der Waals surface area contributed by atoms with Crippen molar-refractivity contribution >= 4 is 34.0 Å². The highest BCUT2D eigenvalue weighted by molar-refractivity contribution is 7.13. The lowest BCUT2D eigenvalue weighted by Gasteiger charge is -2.13. The smallest absolute Gasteiger partial charge is 0.262 e. The first kappa shape index (κ1) is 18.6. The molecule has 0 spiro atoms. The van der Waals surface area contributed by atoms with Gasteiger partial charge in [-0.15, -0.1) is 11.3 Å². The van der Waals surface area contributed by atoms with E-state index in [-0.39, 0.29) is 18.4 Å². The zero-order valence-electron chi connectivity index (χ0n) is 15.0. The Balaban J connectivity index is 1.67. The van der Waals surface area contributed by atoms with Crippen LogP contribution in [0.4, 0.5) is 10.8 Å². The number of thiazole rings is 1. The summed E-state index contributed by atoms with van der Waals surface area (Å²) in [6, 6.07) is 12.6. The summed E-state index contributed by atoms with van der Waals surface area (Å²) < 4.78 is 5.67. The number of nitrogens with zero attached hydrogens (tertiary/aromatic N) is 1. The molecule has 0 aliphatic carbocycles. The summed E-state index contributed by atoms with van der Waals surface area (Å²) in [5.74, 6) is 0.0196. The fraction of sp³-hybridized carbons (Fsp3) is 0.150. The standard InChI is InChI=1S/C20H19N3O3S/c1-13-6-5-7-14(2)18(13)26-12-17(24)22-16-9-4-3-8-15(16)19(25)23-20-21-10-11-27-20/h3-11H,12H2,1-2H3,(H,22,24)(H,21,23,25). The number of carbonyl (C=O) groups excluding carboxylic acids is 2. The number of aromatic nitrogens is 1. The molecule has 0 saturated carbocycles. The van der Waals surface area contributed by atoms with Gasteiger partial charge in [0.15, 0.2) is 11.7 Å². The Kier molecular flexibility index (Phi) is 5.83. The predicted octanol–water partition coefficient (Wildman–Crippen LogP) is 4.03. The molecule has 0 fully saturated rings. The molecule has 2 amide bonds. The number of anilines is 2. The molecule has 1 heterocycles. The van der Waals surface area contributed by atoms with Crippen molar-refractivity contribution in [3.05, 3.63) is 70.7 Å². The van der Waals surface area contributed by atoms with Crippen LogP contribution in [0, 0.1) is 13.8 Å². The molecule has 6 nitrogen and oxygen atoms in total. The lowest BCUT2D eigenvalue weighted by Crippen LogP contribution is -2.23.